The number of carbonyl (C=O) groups excluding carboxylic acids is 4. The molecule has 1 atom stereocenters. The van der Waals surface area contributed by atoms with Crippen molar-refractivity contribution in [1.29, 1.82) is 5.26 Å². The number of nitrogens with one attached hydrogen (secondary N) is 2. The number of nitrogens with zero attached hydrogens (tertiary/aromatic N) is 1. The first-order chi connectivity index (χ1) is 22.2. The summed E-state index contributed by atoms with van der Waals surface area (Å²) in [4.78, 5) is 52.6. The van der Waals surface area contributed by atoms with E-state index in [0.29, 0.717) is 33.1 Å². The van der Waals surface area contributed by atoms with Gasteiger partial charge in [-0.1, -0.05) is 78.3 Å². The first-order valence-electron chi connectivity index (χ1n) is 14.3. The lowest BCUT2D eigenvalue weighted by Crippen LogP contribution is -2.54. The number of carbonyl (C=O) groups is 4. The molecule has 0 saturated carbocycles. The van der Waals surface area contributed by atoms with Gasteiger partial charge in [-0.15, -0.1) is 0 Å². The molecule has 234 valence electrons. The maximum absolute atomic E-state index is 13.3. The van der Waals surface area contributed by atoms with Crippen LogP contribution in [0.5, 0.6) is 0 Å². The van der Waals surface area contributed by atoms with E-state index in [0.717, 1.165) is 5.56 Å². The molecule has 11 heteroatoms. The van der Waals surface area contributed by atoms with Gasteiger partial charge in [0.05, 0.1) is 29.8 Å². The summed E-state index contributed by atoms with van der Waals surface area (Å²) in [6.07, 6.45) is -0.178. The molecule has 0 saturated heterocycles. The highest BCUT2D eigenvalue weighted by molar-refractivity contribution is 6.33. The van der Waals surface area contributed by atoms with E-state index < -0.39 is 29.9 Å². The zero-order valence-corrected chi connectivity index (χ0v) is 25.7. The molecule has 0 bridgehead atoms. The van der Waals surface area contributed by atoms with Crippen molar-refractivity contribution in [2.24, 2.45) is 0 Å². The summed E-state index contributed by atoms with van der Waals surface area (Å²) in [5.74, 6) is -2.79. The summed E-state index contributed by atoms with van der Waals surface area (Å²) in [5.41, 5.74) is 7.40. The molecule has 1 unspecified atom stereocenters. The number of anilines is 2. The number of esters is 2. The molecular formula is C35H31ClN4O6. The third-order valence-corrected chi connectivity index (χ3v) is 7.43. The summed E-state index contributed by atoms with van der Waals surface area (Å²) in [6.45, 7) is 0.578. The second kappa shape index (κ2) is 15.4. The predicted molar refractivity (Wildman–Crippen MR) is 174 cm³/mol. The predicted octanol–water partition coefficient (Wildman–Crippen LogP) is 5.07. The number of hydrogen-bond donors (Lipinski definition) is 3. The summed E-state index contributed by atoms with van der Waals surface area (Å²) in [7, 11) is 0. The number of nitrogens with two attached hydrogens (primary N) is 1. The fourth-order valence-electron chi connectivity index (χ4n) is 4.74. The second-order valence-corrected chi connectivity index (χ2v) is 10.5. The molecule has 2 amide bonds. The molecule has 4 N–H and O–H groups in total. The molecule has 0 heterocycles. The van der Waals surface area contributed by atoms with Gasteiger partial charge in [0.2, 0.25) is 11.3 Å². The fourth-order valence-corrected chi connectivity index (χ4v) is 4.92. The van der Waals surface area contributed by atoms with Crippen LogP contribution in [-0.4, -0.2) is 43.5 Å². The number of nitriles is 1. The Morgan fingerprint density at radius 3 is 2.28 bits per heavy atom. The van der Waals surface area contributed by atoms with E-state index in [1.54, 1.807) is 97.9 Å². The number of benzene rings is 4. The topological polar surface area (TPSA) is 161 Å². The number of nitrogen functional groups attached to an aromatic ring is 1. The fraction of sp³-hybridized carbons (Fsp3) is 0.171. The number of ether oxygens (including phenoxy) is 2. The Hall–Kier alpha value is -5.66. The van der Waals surface area contributed by atoms with Crippen LogP contribution in [0.1, 0.15) is 28.4 Å². The monoisotopic (exact) mass is 638 g/mol. The first-order valence-corrected chi connectivity index (χ1v) is 14.7. The standard InChI is InChI=1S/C35H31ClN4O6/c1-2-45-34(44)35(33(43)39-19-18-37,25-8-4-3-5-9-25)22-46-31(41)20-23-12-15-26(16-13-23)40-32(42)28-11-7-6-10-27(28)24-14-17-30(38)29(36)21-24/h3-17,21H,2,19-20,22,38H2,1H3,(H,39,43)(H,40,42). The minimum Gasteiger partial charge on any atom is -0.465 e. The first kappa shape index (κ1) is 33.2. The van der Waals surface area contributed by atoms with Crippen LogP contribution in [0.3, 0.4) is 0 Å². The third-order valence-electron chi connectivity index (χ3n) is 7.10. The van der Waals surface area contributed by atoms with Crippen LogP contribution in [0.15, 0.2) is 97.1 Å². The van der Waals surface area contributed by atoms with Crippen LogP contribution in [0, 0.1) is 11.3 Å². The van der Waals surface area contributed by atoms with E-state index in [-0.39, 0.29) is 31.0 Å². The van der Waals surface area contributed by atoms with Crippen LogP contribution >= 0.6 is 11.6 Å². The Morgan fingerprint density at radius 1 is 0.913 bits per heavy atom. The third kappa shape index (κ3) is 7.70. The Kier molecular flexibility index (Phi) is 11.1. The maximum atomic E-state index is 13.3. The van der Waals surface area contributed by atoms with Gasteiger partial charge in [-0.25, -0.2) is 0 Å². The molecule has 0 aliphatic heterocycles. The van der Waals surface area contributed by atoms with Crippen molar-refractivity contribution in [3.05, 3.63) is 119 Å². The summed E-state index contributed by atoms with van der Waals surface area (Å²) in [5, 5.41) is 14.6. The Balaban J connectivity index is 1.46. The smallest absolute Gasteiger partial charge is 0.329 e. The largest absolute Gasteiger partial charge is 0.465 e. The zero-order chi connectivity index (χ0) is 33.1. The molecule has 4 rings (SSSR count). The number of hydrogen-bond acceptors (Lipinski definition) is 8. The molecule has 46 heavy (non-hydrogen) atoms. The summed E-state index contributed by atoms with van der Waals surface area (Å²) < 4.78 is 10.7. The lowest BCUT2D eigenvalue weighted by Gasteiger charge is -2.29. The van der Waals surface area contributed by atoms with Crippen molar-refractivity contribution in [1.82, 2.24) is 5.32 Å². The second-order valence-electron chi connectivity index (χ2n) is 10.1. The van der Waals surface area contributed by atoms with Crippen molar-refractivity contribution in [3.63, 3.8) is 0 Å². The van der Waals surface area contributed by atoms with Crippen molar-refractivity contribution >= 4 is 46.7 Å². The van der Waals surface area contributed by atoms with E-state index in [2.05, 4.69) is 10.6 Å². The number of rotatable bonds is 12. The van der Waals surface area contributed by atoms with Gasteiger partial charge in [-0.2, -0.15) is 5.26 Å². The normalized spacial score (nSPS) is 11.8. The van der Waals surface area contributed by atoms with E-state index in [9.17, 15) is 19.2 Å². The van der Waals surface area contributed by atoms with Gasteiger partial charge in [-0.3, -0.25) is 19.2 Å². The van der Waals surface area contributed by atoms with Crippen molar-refractivity contribution in [3.8, 4) is 17.2 Å². The number of halogens is 1. The molecule has 0 aromatic heterocycles. The molecule has 4 aromatic rings. The molecular weight excluding hydrogens is 608 g/mol. The van der Waals surface area contributed by atoms with Crippen LogP contribution in [0.4, 0.5) is 11.4 Å². The molecule has 0 spiro atoms. The highest BCUT2D eigenvalue weighted by atomic mass is 35.5. The SMILES string of the molecule is CCOC(=O)C(COC(=O)Cc1ccc(NC(=O)c2ccccc2-c2ccc(N)c(Cl)c2)cc1)(C(=O)NCC#N)c1ccccc1. The highest BCUT2D eigenvalue weighted by Gasteiger charge is 2.50. The van der Waals surface area contributed by atoms with Gasteiger partial charge >= 0.3 is 11.9 Å². The Labute approximate surface area is 271 Å². The molecule has 0 aliphatic carbocycles. The van der Waals surface area contributed by atoms with Crippen LogP contribution < -0.4 is 16.4 Å². The molecule has 0 radical (unpaired) electrons. The zero-order valence-electron chi connectivity index (χ0n) is 24.9. The Morgan fingerprint density at radius 2 is 1.61 bits per heavy atom. The molecule has 10 nitrogen and oxygen atoms in total. The maximum Gasteiger partial charge on any atom is 0.329 e. The average molecular weight is 639 g/mol. The van der Waals surface area contributed by atoms with Crippen LogP contribution in [-0.2, 0) is 35.7 Å². The van der Waals surface area contributed by atoms with Gasteiger partial charge in [0.1, 0.15) is 13.2 Å². The van der Waals surface area contributed by atoms with E-state index in [1.807, 2.05) is 12.1 Å². The van der Waals surface area contributed by atoms with Gasteiger partial charge in [0.25, 0.3) is 5.91 Å². The van der Waals surface area contributed by atoms with E-state index in [1.165, 1.54) is 0 Å². The molecule has 0 fully saturated rings. The van der Waals surface area contributed by atoms with Crippen molar-refractivity contribution < 1.29 is 28.7 Å². The summed E-state index contributed by atoms with van der Waals surface area (Å²) in [6, 6.07) is 28.7. The lowest BCUT2D eigenvalue weighted by atomic mass is 9.80. The number of amides is 2. The average Bonchev–Trinajstić information content (AvgIpc) is 3.06. The molecule has 4 aromatic carbocycles. The minimum absolute atomic E-state index is 0.0168. The van der Waals surface area contributed by atoms with Crippen molar-refractivity contribution in [2.45, 2.75) is 18.8 Å². The van der Waals surface area contributed by atoms with Crippen LogP contribution in [0.2, 0.25) is 5.02 Å². The van der Waals surface area contributed by atoms with Gasteiger partial charge in [0, 0.05) is 11.3 Å². The van der Waals surface area contributed by atoms with E-state index in [4.69, 9.17) is 32.1 Å². The molecule has 0 aliphatic rings. The highest BCUT2D eigenvalue weighted by Crippen LogP contribution is 2.30. The van der Waals surface area contributed by atoms with Crippen molar-refractivity contribution in [2.75, 3.05) is 30.8 Å². The van der Waals surface area contributed by atoms with Gasteiger partial charge < -0.3 is 25.8 Å². The quantitative estimate of drug-likeness (QED) is 0.0839. The van der Waals surface area contributed by atoms with Gasteiger partial charge in [-0.05, 0) is 59.5 Å². The van der Waals surface area contributed by atoms with E-state index >= 15 is 0 Å². The van der Waals surface area contributed by atoms with Crippen LogP contribution in [0.25, 0.3) is 11.1 Å². The van der Waals surface area contributed by atoms with Gasteiger partial charge in [0.15, 0.2) is 0 Å². The minimum atomic E-state index is -2.02. The summed E-state index contributed by atoms with van der Waals surface area (Å²) >= 11 is 6.20. The Bertz CT molecular complexity index is 1770. The lowest BCUT2D eigenvalue weighted by molar-refractivity contribution is -0.161.